The van der Waals surface area contributed by atoms with Gasteiger partial charge in [-0.25, -0.2) is 4.79 Å². The van der Waals surface area contributed by atoms with E-state index in [1.165, 1.54) is 0 Å². The van der Waals surface area contributed by atoms with Crippen LogP contribution in [0.5, 0.6) is 0 Å². The van der Waals surface area contributed by atoms with Crippen LogP contribution < -0.4 is 5.32 Å². The fourth-order valence-corrected chi connectivity index (χ4v) is 3.17. The predicted octanol–water partition coefficient (Wildman–Crippen LogP) is 2.13. The zero-order valence-corrected chi connectivity index (χ0v) is 15.4. The molecule has 1 amide bonds. The van der Waals surface area contributed by atoms with Crippen LogP contribution in [0.15, 0.2) is 24.3 Å². The molecular formula is C19H28N2O4. The number of benzene rings is 1. The van der Waals surface area contributed by atoms with Crippen LogP contribution in [-0.4, -0.2) is 53.2 Å². The number of carboxylic acid groups (broad SMARTS) is 1. The van der Waals surface area contributed by atoms with Crippen LogP contribution in [0, 0.1) is 5.92 Å². The minimum atomic E-state index is -1.02. The number of carbonyl (C=O) groups excluding carboxylic acids is 1. The van der Waals surface area contributed by atoms with Crippen molar-refractivity contribution in [2.75, 3.05) is 13.1 Å². The predicted molar refractivity (Wildman–Crippen MR) is 95.5 cm³/mol. The Morgan fingerprint density at radius 1 is 1.20 bits per heavy atom. The molecule has 1 fully saturated rings. The number of amides is 1. The van der Waals surface area contributed by atoms with Crippen molar-refractivity contribution in [3.05, 3.63) is 35.4 Å². The van der Waals surface area contributed by atoms with Gasteiger partial charge in [-0.2, -0.15) is 0 Å². The summed E-state index contributed by atoms with van der Waals surface area (Å²) in [7, 11) is 0. The summed E-state index contributed by atoms with van der Waals surface area (Å²) in [6.07, 6.45) is 0.440. The SMILES string of the molecule is CC(C)[C@H](NC(=O)c1ccc(CN2C[C@@H](C)O[C@H](C)C2)cc1)C(=O)O. The van der Waals surface area contributed by atoms with Gasteiger partial charge in [0.15, 0.2) is 0 Å². The molecule has 25 heavy (non-hydrogen) atoms. The van der Waals surface area contributed by atoms with Gasteiger partial charge in [0.05, 0.1) is 12.2 Å². The van der Waals surface area contributed by atoms with E-state index in [9.17, 15) is 14.7 Å². The van der Waals surface area contributed by atoms with Gasteiger partial charge in [0.1, 0.15) is 6.04 Å². The van der Waals surface area contributed by atoms with Crippen LogP contribution in [-0.2, 0) is 16.1 Å². The summed E-state index contributed by atoms with van der Waals surface area (Å²) in [6.45, 7) is 10.3. The highest BCUT2D eigenvalue weighted by Crippen LogP contribution is 2.15. The normalized spacial score (nSPS) is 22.6. The number of ether oxygens (including phenoxy) is 1. The number of rotatable bonds is 6. The van der Waals surface area contributed by atoms with E-state index in [0.29, 0.717) is 5.56 Å². The average molecular weight is 348 g/mol. The molecule has 2 rings (SSSR count). The van der Waals surface area contributed by atoms with E-state index in [2.05, 4.69) is 24.1 Å². The molecule has 1 aliphatic heterocycles. The van der Waals surface area contributed by atoms with Gasteiger partial charge in [-0.1, -0.05) is 26.0 Å². The highest BCUT2D eigenvalue weighted by molar-refractivity contribution is 5.96. The largest absolute Gasteiger partial charge is 0.480 e. The van der Waals surface area contributed by atoms with Crippen molar-refractivity contribution in [1.29, 1.82) is 0 Å². The number of aliphatic carboxylic acids is 1. The molecule has 0 spiro atoms. The number of morpholine rings is 1. The Kier molecular flexibility index (Phi) is 6.56. The van der Waals surface area contributed by atoms with Crippen molar-refractivity contribution in [2.24, 2.45) is 5.92 Å². The number of nitrogens with zero attached hydrogens (tertiary/aromatic N) is 1. The third kappa shape index (κ3) is 5.54. The molecule has 1 aromatic rings. The summed E-state index contributed by atoms with van der Waals surface area (Å²) in [5.74, 6) is -1.55. The van der Waals surface area contributed by atoms with Crippen molar-refractivity contribution < 1.29 is 19.4 Å². The van der Waals surface area contributed by atoms with E-state index in [0.717, 1.165) is 25.2 Å². The summed E-state index contributed by atoms with van der Waals surface area (Å²) in [4.78, 5) is 25.8. The molecule has 1 aromatic carbocycles. The van der Waals surface area contributed by atoms with Crippen LogP contribution in [0.4, 0.5) is 0 Å². The number of hydrogen-bond donors (Lipinski definition) is 2. The number of nitrogens with one attached hydrogen (secondary N) is 1. The lowest BCUT2D eigenvalue weighted by Crippen LogP contribution is -2.45. The van der Waals surface area contributed by atoms with Crippen LogP contribution >= 0.6 is 0 Å². The second-order valence-electron chi connectivity index (χ2n) is 7.18. The lowest BCUT2D eigenvalue weighted by molar-refractivity contribution is -0.140. The van der Waals surface area contributed by atoms with Crippen LogP contribution in [0.3, 0.4) is 0 Å². The maximum absolute atomic E-state index is 12.2. The van der Waals surface area contributed by atoms with Crippen molar-refractivity contribution in [3.63, 3.8) is 0 Å². The van der Waals surface area contributed by atoms with Gasteiger partial charge in [0.2, 0.25) is 0 Å². The van der Waals surface area contributed by atoms with Gasteiger partial charge >= 0.3 is 5.97 Å². The Balaban J connectivity index is 1.97. The molecule has 6 nitrogen and oxygen atoms in total. The van der Waals surface area contributed by atoms with E-state index in [4.69, 9.17) is 4.74 Å². The Morgan fingerprint density at radius 3 is 2.24 bits per heavy atom. The third-order valence-corrected chi connectivity index (χ3v) is 4.34. The van der Waals surface area contributed by atoms with E-state index in [-0.39, 0.29) is 24.0 Å². The van der Waals surface area contributed by atoms with E-state index < -0.39 is 12.0 Å². The monoisotopic (exact) mass is 348 g/mol. The molecule has 0 unspecified atom stereocenters. The minimum Gasteiger partial charge on any atom is -0.480 e. The first kappa shape index (κ1) is 19.4. The summed E-state index contributed by atoms with van der Waals surface area (Å²) >= 11 is 0. The second-order valence-corrected chi connectivity index (χ2v) is 7.18. The average Bonchev–Trinajstić information content (AvgIpc) is 2.51. The molecule has 0 radical (unpaired) electrons. The van der Waals surface area contributed by atoms with Gasteiger partial charge in [0.25, 0.3) is 5.91 Å². The summed E-state index contributed by atoms with van der Waals surface area (Å²) in [5.41, 5.74) is 1.59. The first-order valence-corrected chi connectivity index (χ1v) is 8.76. The zero-order valence-electron chi connectivity index (χ0n) is 15.4. The fraction of sp³-hybridized carbons (Fsp3) is 0.579. The third-order valence-electron chi connectivity index (χ3n) is 4.34. The quantitative estimate of drug-likeness (QED) is 0.823. The van der Waals surface area contributed by atoms with Gasteiger partial charge < -0.3 is 15.2 Å². The van der Waals surface area contributed by atoms with Crippen molar-refractivity contribution in [3.8, 4) is 0 Å². The van der Waals surface area contributed by atoms with Crippen molar-refractivity contribution in [1.82, 2.24) is 10.2 Å². The standard InChI is InChI=1S/C19H28N2O4/c1-12(2)17(19(23)24)20-18(22)16-7-5-15(6-8-16)11-21-9-13(3)25-14(4)10-21/h5-8,12-14,17H,9-11H2,1-4H3,(H,20,22)(H,23,24)/t13-,14-,17+/m1/s1. The molecule has 1 aliphatic rings. The van der Waals surface area contributed by atoms with Crippen molar-refractivity contribution in [2.45, 2.75) is 52.5 Å². The lowest BCUT2D eigenvalue weighted by Gasteiger charge is -2.35. The van der Waals surface area contributed by atoms with Gasteiger partial charge in [-0.05, 0) is 37.5 Å². The summed E-state index contributed by atoms with van der Waals surface area (Å²) in [5, 5.41) is 11.8. The Labute approximate surface area is 149 Å². The molecule has 6 heteroatoms. The molecule has 1 saturated heterocycles. The molecular weight excluding hydrogens is 320 g/mol. The van der Waals surface area contributed by atoms with Crippen molar-refractivity contribution >= 4 is 11.9 Å². The smallest absolute Gasteiger partial charge is 0.326 e. The van der Waals surface area contributed by atoms with E-state index in [1.807, 2.05) is 12.1 Å². The van der Waals surface area contributed by atoms with Crippen LogP contribution in [0.2, 0.25) is 0 Å². The van der Waals surface area contributed by atoms with Gasteiger partial charge in [0, 0.05) is 25.2 Å². The second kappa shape index (κ2) is 8.45. The molecule has 138 valence electrons. The molecule has 2 N–H and O–H groups in total. The highest BCUT2D eigenvalue weighted by atomic mass is 16.5. The number of hydrogen-bond acceptors (Lipinski definition) is 4. The first-order valence-electron chi connectivity index (χ1n) is 8.76. The summed E-state index contributed by atoms with van der Waals surface area (Å²) in [6, 6.07) is 6.45. The lowest BCUT2D eigenvalue weighted by atomic mass is 10.0. The Morgan fingerprint density at radius 2 is 1.76 bits per heavy atom. The molecule has 3 atom stereocenters. The van der Waals surface area contributed by atoms with Crippen LogP contribution in [0.25, 0.3) is 0 Å². The zero-order chi connectivity index (χ0) is 18.6. The molecule has 0 aromatic heterocycles. The fourth-order valence-electron chi connectivity index (χ4n) is 3.17. The molecule has 0 bridgehead atoms. The van der Waals surface area contributed by atoms with E-state index >= 15 is 0 Å². The number of carbonyl (C=O) groups is 2. The van der Waals surface area contributed by atoms with Crippen LogP contribution in [0.1, 0.15) is 43.6 Å². The molecule has 0 aliphatic carbocycles. The number of carboxylic acids is 1. The summed E-state index contributed by atoms with van der Waals surface area (Å²) < 4.78 is 5.74. The van der Waals surface area contributed by atoms with Gasteiger partial charge in [-0.3, -0.25) is 9.69 Å². The maximum atomic E-state index is 12.2. The Hall–Kier alpha value is -1.92. The highest BCUT2D eigenvalue weighted by Gasteiger charge is 2.24. The van der Waals surface area contributed by atoms with E-state index in [1.54, 1.807) is 26.0 Å². The molecule has 1 heterocycles. The molecule has 0 saturated carbocycles. The Bertz CT molecular complexity index is 590. The first-order chi connectivity index (χ1) is 11.8. The topological polar surface area (TPSA) is 78.9 Å². The minimum absolute atomic E-state index is 0.175. The van der Waals surface area contributed by atoms with Gasteiger partial charge in [-0.15, -0.1) is 0 Å². The maximum Gasteiger partial charge on any atom is 0.326 e.